The Morgan fingerprint density at radius 3 is 2.52 bits per heavy atom. The van der Waals surface area contributed by atoms with Crippen LogP contribution in [0.1, 0.15) is 28.8 Å². The summed E-state index contributed by atoms with van der Waals surface area (Å²) in [5.41, 5.74) is -6.27. The lowest BCUT2D eigenvalue weighted by Gasteiger charge is -2.38. The maximum absolute atomic E-state index is 14.3. The standard InChI is InChI=1S/C18H12F6N2O/c1-2-16(27)15-12(18(22,23)24)9-26(14(15)5-6-17(16,20)21)11-3-4-13(19)10(7-11)8-25/h2-4,7,9,27H,1,5-6H2. The summed E-state index contributed by atoms with van der Waals surface area (Å²) < 4.78 is 83.7. The molecule has 1 unspecified atom stereocenters. The van der Waals surface area contributed by atoms with E-state index in [2.05, 4.69) is 6.58 Å². The molecule has 9 heteroatoms. The summed E-state index contributed by atoms with van der Waals surface area (Å²) in [5, 5.41) is 19.3. The van der Waals surface area contributed by atoms with E-state index in [1.54, 1.807) is 6.07 Å². The van der Waals surface area contributed by atoms with E-state index in [-0.39, 0.29) is 11.4 Å². The van der Waals surface area contributed by atoms with E-state index in [0.717, 1.165) is 22.8 Å². The lowest BCUT2D eigenvalue weighted by atomic mass is 9.77. The highest BCUT2D eigenvalue weighted by Crippen LogP contribution is 2.52. The van der Waals surface area contributed by atoms with E-state index >= 15 is 0 Å². The number of hydrogen-bond donors (Lipinski definition) is 1. The highest BCUT2D eigenvalue weighted by atomic mass is 19.4. The fourth-order valence-electron chi connectivity index (χ4n) is 3.31. The number of hydrogen-bond acceptors (Lipinski definition) is 2. The van der Waals surface area contributed by atoms with Crippen LogP contribution < -0.4 is 0 Å². The molecule has 0 aliphatic heterocycles. The van der Waals surface area contributed by atoms with Crippen molar-refractivity contribution in [2.24, 2.45) is 0 Å². The van der Waals surface area contributed by atoms with Crippen LogP contribution >= 0.6 is 0 Å². The van der Waals surface area contributed by atoms with Gasteiger partial charge in [-0.1, -0.05) is 6.58 Å². The lowest BCUT2D eigenvalue weighted by molar-refractivity contribution is -0.177. The van der Waals surface area contributed by atoms with Gasteiger partial charge in [0.15, 0.2) is 5.60 Å². The first-order valence-corrected chi connectivity index (χ1v) is 7.72. The maximum atomic E-state index is 14.3. The van der Waals surface area contributed by atoms with Gasteiger partial charge in [-0.15, -0.1) is 0 Å². The van der Waals surface area contributed by atoms with Crippen LogP contribution in [0.25, 0.3) is 5.69 Å². The molecule has 1 N–H and O–H groups in total. The monoisotopic (exact) mass is 386 g/mol. The molecule has 1 aliphatic rings. The molecule has 27 heavy (non-hydrogen) atoms. The number of alkyl halides is 5. The minimum atomic E-state index is -5.03. The first kappa shape index (κ1) is 19.0. The number of rotatable bonds is 2. The van der Waals surface area contributed by atoms with Crippen molar-refractivity contribution in [1.82, 2.24) is 4.57 Å². The summed E-state index contributed by atoms with van der Waals surface area (Å²) in [6.07, 6.45) is -5.44. The molecular formula is C18H12F6N2O. The molecule has 0 radical (unpaired) electrons. The average molecular weight is 386 g/mol. The molecule has 0 bridgehead atoms. The van der Waals surface area contributed by atoms with Crippen LogP contribution in [0.15, 0.2) is 37.1 Å². The summed E-state index contributed by atoms with van der Waals surface area (Å²) in [4.78, 5) is 0. The van der Waals surface area contributed by atoms with E-state index in [1.807, 2.05) is 0 Å². The molecule has 0 spiro atoms. The Morgan fingerprint density at radius 2 is 1.96 bits per heavy atom. The smallest absolute Gasteiger partial charge is 0.375 e. The van der Waals surface area contributed by atoms with Crippen LogP contribution in [0.2, 0.25) is 0 Å². The molecule has 142 valence electrons. The molecule has 0 fully saturated rings. The summed E-state index contributed by atoms with van der Waals surface area (Å²) in [7, 11) is 0. The van der Waals surface area contributed by atoms with Crippen molar-refractivity contribution < 1.29 is 31.4 Å². The van der Waals surface area contributed by atoms with Crippen LogP contribution in [-0.4, -0.2) is 15.6 Å². The van der Waals surface area contributed by atoms with Gasteiger partial charge in [0.25, 0.3) is 5.92 Å². The van der Waals surface area contributed by atoms with E-state index in [4.69, 9.17) is 5.26 Å². The number of aromatic nitrogens is 1. The summed E-state index contributed by atoms with van der Waals surface area (Å²) in [5.74, 6) is -4.72. The van der Waals surface area contributed by atoms with Gasteiger partial charge in [-0.05, 0) is 30.7 Å². The fourth-order valence-corrected chi connectivity index (χ4v) is 3.31. The Morgan fingerprint density at radius 1 is 1.30 bits per heavy atom. The minimum absolute atomic E-state index is 0.0173. The van der Waals surface area contributed by atoms with Gasteiger partial charge in [0.05, 0.1) is 11.1 Å². The molecular weight excluding hydrogens is 374 g/mol. The Balaban J connectivity index is 2.36. The van der Waals surface area contributed by atoms with E-state index in [9.17, 15) is 31.4 Å². The topological polar surface area (TPSA) is 49.0 Å². The van der Waals surface area contributed by atoms with Gasteiger partial charge in [-0.3, -0.25) is 0 Å². The minimum Gasteiger partial charge on any atom is -0.375 e. The first-order chi connectivity index (χ1) is 12.5. The van der Waals surface area contributed by atoms with Gasteiger partial charge >= 0.3 is 6.18 Å². The van der Waals surface area contributed by atoms with Gasteiger partial charge < -0.3 is 9.67 Å². The molecule has 3 rings (SSSR count). The van der Waals surface area contributed by atoms with Gasteiger partial charge in [0.2, 0.25) is 0 Å². The summed E-state index contributed by atoms with van der Waals surface area (Å²) in [6, 6.07) is 4.59. The first-order valence-electron chi connectivity index (χ1n) is 7.72. The Hall–Kier alpha value is -2.73. The molecule has 0 saturated heterocycles. The van der Waals surface area contributed by atoms with Crippen LogP contribution in [0.5, 0.6) is 0 Å². The zero-order chi connectivity index (χ0) is 20.2. The molecule has 0 amide bonds. The van der Waals surface area contributed by atoms with Crippen molar-refractivity contribution >= 4 is 0 Å². The van der Waals surface area contributed by atoms with Gasteiger partial charge in [0.1, 0.15) is 11.9 Å². The Kier molecular flexibility index (Phi) is 4.15. The zero-order valence-electron chi connectivity index (χ0n) is 13.6. The van der Waals surface area contributed by atoms with Gasteiger partial charge in [-0.2, -0.15) is 18.4 Å². The van der Waals surface area contributed by atoms with Crippen molar-refractivity contribution in [1.29, 1.82) is 5.26 Å². The second-order valence-corrected chi connectivity index (χ2v) is 6.18. The van der Waals surface area contributed by atoms with E-state index in [1.165, 1.54) is 0 Å². The molecule has 0 saturated carbocycles. The van der Waals surface area contributed by atoms with Crippen LogP contribution in [0.3, 0.4) is 0 Å². The third-order valence-corrected chi connectivity index (χ3v) is 4.67. The molecule has 1 aromatic heterocycles. The second-order valence-electron chi connectivity index (χ2n) is 6.18. The number of halogens is 6. The number of nitrogens with zero attached hydrogens (tertiary/aromatic N) is 2. The quantitative estimate of drug-likeness (QED) is 0.612. The molecule has 2 aromatic rings. The molecule has 3 nitrogen and oxygen atoms in total. The molecule has 1 heterocycles. The van der Waals surface area contributed by atoms with E-state index < -0.39 is 53.0 Å². The predicted octanol–water partition coefficient (Wildman–Crippen LogP) is 4.46. The second kappa shape index (κ2) is 5.89. The van der Waals surface area contributed by atoms with Crippen LogP contribution in [0, 0.1) is 17.1 Å². The number of fused-ring (bicyclic) bond motifs is 1. The predicted molar refractivity (Wildman–Crippen MR) is 82.8 cm³/mol. The Labute approximate surface area is 149 Å². The van der Waals surface area contributed by atoms with Crippen molar-refractivity contribution in [3.63, 3.8) is 0 Å². The van der Waals surface area contributed by atoms with E-state index in [0.29, 0.717) is 12.3 Å². The highest BCUT2D eigenvalue weighted by molar-refractivity contribution is 5.52. The number of benzene rings is 1. The van der Waals surface area contributed by atoms with Gasteiger partial charge in [0, 0.05) is 29.6 Å². The average Bonchev–Trinajstić information content (AvgIpc) is 2.99. The largest absolute Gasteiger partial charge is 0.418 e. The molecule has 1 atom stereocenters. The zero-order valence-corrected chi connectivity index (χ0v) is 13.6. The summed E-state index contributed by atoms with van der Waals surface area (Å²) in [6.45, 7) is 3.10. The van der Waals surface area contributed by atoms with Crippen molar-refractivity contribution in [2.75, 3.05) is 0 Å². The normalized spacial score (nSPS) is 21.4. The van der Waals surface area contributed by atoms with Crippen LogP contribution in [0.4, 0.5) is 26.3 Å². The third kappa shape index (κ3) is 2.72. The molecule has 1 aromatic carbocycles. The fraction of sp³-hybridized carbons (Fsp3) is 0.278. The molecule has 1 aliphatic carbocycles. The van der Waals surface area contributed by atoms with Crippen LogP contribution in [-0.2, 0) is 18.2 Å². The SMILES string of the molecule is C=CC1(O)c2c(C(F)(F)F)cn(-c3ccc(F)c(C#N)c3)c2CCC1(F)F. The van der Waals surface area contributed by atoms with Crippen molar-refractivity contribution in [3.8, 4) is 11.8 Å². The number of nitriles is 1. The van der Waals surface area contributed by atoms with Gasteiger partial charge in [-0.25, -0.2) is 13.2 Å². The third-order valence-electron chi connectivity index (χ3n) is 4.67. The van der Waals surface area contributed by atoms with Crippen molar-refractivity contribution in [2.45, 2.75) is 30.5 Å². The maximum Gasteiger partial charge on any atom is 0.418 e. The Bertz CT molecular complexity index is 969. The number of aliphatic hydroxyl groups is 1. The van der Waals surface area contributed by atoms with Crippen molar-refractivity contribution in [3.05, 3.63) is 65.3 Å². The highest BCUT2D eigenvalue weighted by Gasteiger charge is 2.59. The summed E-state index contributed by atoms with van der Waals surface area (Å²) >= 11 is 0. The lowest BCUT2D eigenvalue weighted by Crippen LogP contribution is -2.48.